The van der Waals surface area contributed by atoms with Crippen molar-refractivity contribution in [1.29, 1.82) is 0 Å². The number of pyridine rings is 2. The van der Waals surface area contributed by atoms with Gasteiger partial charge in [-0.3, -0.25) is 9.78 Å². The van der Waals surface area contributed by atoms with E-state index in [0.29, 0.717) is 40.3 Å². The lowest BCUT2D eigenvalue weighted by atomic mass is 9.86. The molecular weight excluding hydrogens is 447 g/mol. The molecule has 2 aromatic heterocycles. The van der Waals surface area contributed by atoms with Crippen LogP contribution in [0.1, 0.15) is 34.5 Å². The first-order valence-corrected chi connectivity index (χ1v) is 11.1. The molecule has 1 amide bonds. The molecule has 3 aromatic rings. The molecule has 0 bridgehead atoms. The van der Waals surface area contributed by atoms with Crippen LogP contribution in [0.3, 0.4) is 0 Å². The van der Waals surface area contributed by atoms with Crippen LogP contribution in [0.25, 0.3) is 0 Å². The molecule has 2 N–H and O–H groups in total. The number of hydrogen-bond donors (Lipinski definition) is 1. The Bertz CT molecular complexity index is 1110. The summed E-state index contributed by atoms with van der Waals surface area (Å²) in [6, 6.07) is 12.8. The second-order valence-corrected chi connectivity index (χ2v) is 8.91. The summed E-state index contributed by atoms with van der Waals surface area (Å²) in [6.45, 7) is 4.96. The number of benzene rings is 1. The molecule has 0 saturated carbocycles. The molecule has 166 valence electrons. The predicted molar refractivity (Wildman–Crippen MR) is 126 cm³/mol. The smallest absolute Gasteiger partial charge is 0.255 e. The third kappa shape index (κ3) is 4.81. The van der Waals surface area contributed by atoms with E-state index < -0.39 is 0 Å². The summed E-state index contributed by atoms with van der Waals surface area (Å²) in [7, 11) is 0. The summed E-state index contributed by atoms with van der Waals surface area (Å²) >= 11 is 12.4. The minimum absolute atomic E-state index is 0.0222. The maximum atomic E-state index is 13.2. The number of carbonyl (C=O) groups is 1. The molecule has 8 heteroatoms. The summed E-state index contributed by atoms with van der Waals surface area (Å²) in [5.41, 5.74) is 8.75. The lowest BCUT2D eigenvalue weighted by Crippen LogP contribution is -2.32. The Morgan fingerprint density at radius 3 is 2.56 bits per heavy atom. The van der Waals surface area contributed by atoms with Gasteiger partial charge in [0, 0.05) is 42.9 Å². The van der Waals surface area contributed by atoms with E-state index >= 15 is 0 Å². The van der Waals surface area contributed by atoms with Crippen molar-refractivity contribution in [3.05, 3.63) is 81.7 Å². The van der Waals surface area contributed by atoms with Crippen molar-refractivity contribution in [3.8, 4) is 5.88 Å². The lowest BCUT2D eigenvalue weighted by molar-refractivity contribution is 0.0769. The first-order valence-electron chi connectivity index (χ1n) is 10.4. The van der Waals surface area contributed by atoms with Crippen LogP contribution >= 0.6 is 23.2 Å². The summed E-state index contributed by atoms with van der Waals surface area (Å²) in [5, 5.41) is 0.989. The third-order valence-electron chi connectivity index (χ3n) is 5.85. The number of aromatic nitrogens is 2. The van der Waals surface area contributed by atoms with Crippen LogP contribution in [0.2, 0.25) is 10.0 Å². The standard InChI is InChI=1S/C24H24Cl2N4O2/c1-14-3-4-17(10-28-14)24(31)30-12-19(15(2)32-23-8-6-18(27)11-29-23)20(13-30)16-5-7-21(25)22(26)9-16/h3-11,15,19-20H,12-13,27H2,1-2H3/t15-,19+,20+/m0/s1. The van der Waals surface area contributed by atoms with E-state index in [0.717, 1.165) is 11.3 Å². The van der Waals surface area contributed by atoms with Crippen molar-refractivity contribution in [3.63, 3.8) is 0 Å². The van der Waals surface area contributed by atoms with E-state index in [1.807, 2.05) is 43.0 Å². The first-order chi connectivity index (χ1) is 15.3. The third-order valence-corrected chi connectivity index (χ3v) is 6.59. The van der Waals surface area contributed by atoms with E-state index in [-0.39, 0.29) is 23.8 Å². The molecule has 32 heavy (non-hydrogen) atoms. The van der Waals surface area contributed by atoms with Crippen LogP contribution in [0, 0.1) is 12.8 Å². The largest absolute Gasteiger partial charge is 0.474 e. The van der Waals surface area contributed by atoms with Gasteiger partial charge in [-0.25, -0.2) is 4.98 Å². The van der Waals surface area contributed by atoms with Crippen LogP contribution in [-0.4, -0.2) is 40.0 Å². The number of hydrogen-bond acceptors (Lipinski definition) is 5. The van der Waals surface area contributed by atoms with Gasteiger partial charge >= 0.3 is 0 Å². The van der Waals surface area contributed by atoms with Gasteiger partial charge < -0.3 is 15.4 Å². The Balaban J connectivity index is 1.61. The Morgan fingerprint density at radius 1 is 1.09 bits per heavy atom. The molecule has 0 unspecified atom stereocenters. The van der Waals surface area contributed by atoms with Gasteiger partial charge in [0.15, 0.2) is 0 Å². The van der Waals surface area contributed by atoms with Crippen LogP contribution in [0.15, 0.2) is 54.9 Å². The van der Waals surface area contributed by atoms with E-state index in [1.165, 1.54) is 0 Å². The highest BCUT2D eigenvalue weighted by molar-refractivity contribution is 6.42. The molecule has 4 rings (SSSR count). The topological polar surface area (TPSA) is 81.3 Å². The Morgan fingerprint density at radius 2 is 1.91 bits per heavy atom. The summed E-state index contributed by atoms with van der Waals surface area (Å²) in [4.78, 5) is 23.6. The fourth-order valence-corrected chi connectivity index (χ4v) is 4.39. The second kappa shape index (κ2) is 9.35. The molecule has 3 atom stereocenters. The van der Waals surface area contributed by atoms with E-state index in [2.05, 4.69) is 9.97 Å². The number of likely N-dealkylation sites (tertiary alicyclic amines) is 1. The molecule has 1 aliphatic heterocycles. The number of nitrogens with zero attached hydrogens (tertiary/aromatic N) is 3. The van der Waals surface area contributed by atoms with Crippen LogP contribution in [0.5, 0.6) is 5.88 Å². The molecule has 3 heterocycles. The quantitative estimate of drug-likeness (QED) is 0.567. The monoisotopic (exact) mass is 470 g/mol. The number of aryl methyl sites for hydroxylation is 1. The number of carbonyl (C=O) groups excluding carboxylic acids is 1. The maximum Gasteiger partial charge on any atom is 0.255 e. The number of nitrogen functional groups attached to an aromatic ring is 1. The van der Waals surface area contributed by atoms with Crippen molar-refractivity contribution in [2.45, 2.75) is 25.9 Å². The van der Waals surface area contributed by atoms with E-state index in [4.69, 9.17) is 33.7 Å². The lowest BCUT2D eigenvalue weighted by Gasteiger charge is -2.25. The molecular formula is C24H24Cl2N4O2. The van der Waals surface area contributed by atoms with Crippen molar-refractivity contribution >= 4 is 34.8 Å². The molecule has 0 aliphatic carbocycles. The molecule has 1 saturated heterocycles. The number of anilines is 1. The van der Waals surface area contributed by atoms with Crippen LogP contribution in [-0.2, 0) is 0 Å². The van der Waals surface area contributed by atoms with Crippen molar-refractivity contribution in [1.82, 2.24) is 14.9 Å². The maximum absolute atomic E-state index is 13.2. The minimum atomic E-state index is -0.209. The Kier molecular flexibility index (Phi) is 6.53. The van der Waals surface area contributed by atoms with Gasteiger partial charge in [0.1, 0.15) is 6.10 Å². The SMILES string of the molecule is Cc1ccc(C(=O)N2C[C@H]([C@H](C)Oc3ccc(N)cn3)[C@@H](c3ccc(Cl)c(Cl)c3)C2)cn1. The molecule has 1 fully saturated rings. The zero-order chi connectivity index (χ0) is 22.8. The molecule has 0 spiro atoms. The molecule has 1 aromatic carbocycles. The fraction of sp³-hybridized carbons (Fsp3) is 0.292. The zero-order valence-electron chi connectivity index (χ0n) is 17.8. The van der Waals surface area contributed by atoms with E-state index in [1.54, 1.807) is 30.6 Å². The van der Waals surface area contributed by atoms with Crippen LogP contribution < -0.4 is 10.5 Å². The highest BCUT2D eigenvalue weighted by atomic mass is 35.5. The highest BCUT2D eigenvalue weighted by Gasteiger charge is 2.40. The fourth-order valence-electron chi connectivity index (χ4n) is 4.08. The van der Waals surface area contributed by atoms with Gasteiger partial charge in [0.25, 0.3) is 5.91 Å². The number of rotatable bonds is 5. The summed E-state index contributed by atoms with van der Waals surface area (Å²) < 4.78 is 6.13. The van der Waals surface area contributed by atoms with Crippen LogP contribution in [0.4, 0.5) is 5.69 Å². The van der Waals surface area contributed by atoms with Gasteiger partial charge in [-0.1, -0.05) is 29.3 Å². The zero-order valence-corrected chi connectivity index (χ0v) is 19.3. The van der Waals surface area contributed by atoms with Gasteiger partial charge in [0.05, 0.1) is 27.5 Å². The first kappa shape index (κ1) is 22.4. The summed E-state index contributed by atoms with van der Waals surface area (Å²) in [5.74, 6) is 0.486. The highest BCUT2D eigenvalue weighted by Crippen LogP contribution is 2.38. The summed E-state index contributed by atoms with van der Waals surface area (Å²) in [6.07, 6.45) is 2.98. The van der Waals surface area contributed by atoms with E-state index in [9.17, 15) is 4.79 Å². The van der Waals surface area contributed by atoms with Gasteiger partial charge in [-0.05, 0) is 49.7 Å². The van der Waals surface area contributed by atoms with Gasteiger partial charge in [-0.15, -0.1) is 0 Å². The number of amides is 1. The normalized spacial score (nSPS) is 19.1. The average molecular weight is 471 g/mol. The second-order valence-electron chi connectivity index (χ2n) is 8.10. The molecule has 0 radical (unpaired) electrons. The van der Waals surface area contributed by atoms with Crippen molar-refractivity contribution in [2.75, 3.05) is 18.8 Å². The average Bonchev–Trinajstić information content (AvgIpc) is 3.23. The molecule has 6 nitrogen and oxygen atoms in total. The number of nitrogens with two attached hydrogens (primary N) is 1. The van der Waals surface area contributed by atoms with Crippen molar-refractivity contribution < 1.29 is 9.53 Å². The number of halogens is 2. The van der Waals surface area contributed by atoms with Gasteiger partial charge in [0.2, 0.25) is 5.88 Å². The minimum Gasteiger partial charge on any atom is -0.474 e. The number of ether oxygens (including phenoxy) is 1. The Labute approximate surface area is 197 Å². The predicted octanol–water partition coefficient (Wildman–Crippen LogP) is 5.00. The Hall–Kier alpha value is -2.83. The van der Waals surface area contributed by atoms with Gasteiger partial charge in [-0.2, -0.15) is 0 Å². The van der Waals surface area contributed by atoms with Crippen molar-refractivity contribution in [2.24, 2.45) is 5.92 Å². The molecule has 1 aliphatic rings.